The molecule has 0 unspecified atom stereocenters. The smallest absolute Gasteiger partial charge is 0.226 e. The summed E-state index contributed by atoms with van der Waals surface area (Å²) in [4.78, 5) is 20.8. The van der Waals surface area contributed by atoms with Gasteiger partial charge in [-0.3, -0.25) is 4.79 Å². The number of oxazole rings is 1. The van der Waals surface area contributed by atoms with E-state index in [4.69, 9.17) is 25.5 Å². The molecule has 0 spiro atoms. The molecule has 2 heterocycles. The molecule has 0 bridgehead atoms. The van der Waals surface area contributed by atoms with Gasteiger partial charge in [0.25, 0.3) is 0 Å². The molecule has 0 aliphatic rings. The Hall–Kier alpha value is -2.90. The van der Waals surface area contributed by atoms with Gasteiger partial charge in [-0.1, -0.05) is 17.7 Å². The van der Waals surface area contributed by atoms with Crippen molar-refractivity contribution in [1.29, 1.82) is 0 Å². The number of benzene rings is 1. The van der Waals surface area contributed by atoms with Crippen molar-refractivity contribution in [3.63, 3.8) is 0 Å². The number of amides is 1. The maximum atomic E-state index is 12.3. The number of hydrogen-bond donors (Lipinski definition) is 1. The van der Waals surface area contributed by atoms with E-state index < -0.39 is 0 Å². The number of carbonyl (C=O) groups excluding carboxylic acids is 1. The van der Waals surface area contributed by atoms with Crippen LogP contribution in [0.5, 0.6) is 5.88 Å². The molecule has 0 radical (unpaired) electrons. The van der Waals surface area contributed by atoms with Crippen molar-refractivity contribution in [3.05, 3.63) is 65.1 Å². The molecule has 28 heavy (non-hydrogen) atoms. The first kappa shape index (κ1) is 19.9. The number of pyridine rings is 1. The Labute approximate surface area is 167 Å². The molecular formula is C20H20ClN3O4. The topological polar surface area (TPSA) is 86.5 Å². The summed E-state index contributed by atoms with van der Waals surface area (Å²) in [5.74, 6) is 0.745. The van der Waals surface area contributed by atoms with Crippen LogP contribution in [-0.2, 0) is 22.5 Å². The van der Waals surface area contributed by atoms with Gasteiger partial charge in [0.15, 0.2) is 0 Å². The Kier molecular flexibility index (Phi) is 7.00. The zero-order chi connectivity index (χ0) is 19.8. The van der Waals surface area contributed by atoms with E-state index in [1.54, 1.807) is 31.5 Å². The van der Waals surface area contributed by atoms with E-state index in [-0.39, 0.29) is 12.3 Å². The molecule has 1 amide bonds. The lowest BCUT2D eigenvalue weighted by Gasteiger charge is -2.10. The molecule has 1 N–H and O–H groups in total. The van der Waals surface area contributed by atoms with Crippen LogP contribution in [0, 0.1) is 0 Å². The quantitative estimate of drug-likeness (QED) is 0.554. The molecule has 2 aromatic heterocycles. The highest BCUT2D eigenvalue weighted by atomic mass is 35.5. The first-order chi connectivity index (χ1) is 13.7. The van der Waals surface area contributed by atoms with Crippen molar-refractivity contribution in [1.82, 2.24) is 15.3 Å². The van der Waals surface area contributed by atoms with Crippen molar-refractivity contribution in [3.8, 4) is 17.3 Å². The summed E-state index contributed by atoms with van der Waals surface area (Å²) in [5.41, 5.74) is 2.13. The Morgan fingerprint density at radius 1 is 1.21 bits per heavy atom. The maximum absolute atomic E-state index is 12.3. The van der Waals surface area contributed by atoms with E-state index in [2.05, 4.69) is 15.3 Å². The number of hydrogen-bond acceptors (Lipinski definition) is 6. The lowest BCUT2D eigenvalue weighted by atomic mass is 10.2. The highest BCUT2D eigenvalue weighted by Gasteiger charge is 2.12. The zero-order valence-corrected chi connectivity index (χ0v) is 16.1. The highest BCUT2D eigenvalue weighted by molar-refractivity contribution is 6.30. The Balaban J connectivity index is 1.55. The number of nitrogens with zero attached hydrogens (tertiary/aromatic N) is 2. The number of halogens is 1. The molecule has 0 aliphatic carbocycles. The van der Waals surface area contributed by atoms with Crippen LogP contribution in [0.3, 0.4) is 0 Å². The van der Waals surface area contributed by atoms with E-state index in [0.717, 1.165) is 11.1 Å². The second-order valence-electron chi connectivity index (χ2n) is 5.91. The normalized spacial score (nSPS) is 10.6. The minimum absolute atomic E-state index is 0.108. The third-order valence-corrected chi connectivity index (χ3v) is 4.09. The maximum Gasteiger partial charge on any atom is 0.226 e. The van der Waals surface area contributed by atoms with Gasteiger partial charge in [-0.2, -0.15) is 0 Å². The molecule has 7 nitrogen and oxygen atoms in total. The van der Waals surface area contributed by atoms with Gasteiger partial charge in [0.1, 0.15) is 12.9 Å². The molecule has 0 saturated heterocycles. The van der Waals surface area contributed by atoms with Gasteiger partial charge in [-0.15, -0.1) is 0 Å². The third kappa shape index (κ3) is 5.55. The van der Waals surface area contributed by atoms with Gasteiger partial charge in [-0.25, -0.2) is 9.97 Å². The molecule has 3 aromatic rings. The summed E-state index contributed by atoms with van der Waals surface area (Å²) >= 11 is 5.88. The average Bonchev–Trinajstić information content (AvgIpc) is 3.16. The Bertz CT molecular complexity index is 912. The molecule has 0 saturated carbocycles. The summed E-state index contributed by atoms with van der Waals surface area (Å²) in [5, 5.41) is 3.48. The van der Waals surface area contributed by atoms with Crippen molar-refractivity contribution in [2.45, 2.75) is 13.0 Å². The van der Waals surface area contributed by atoms with E-state index in [1.807, 2.05) is 18.2 Å². The lowest BCUT2D eigenvalue weighted by Crippen LogP contribution is -2.25. The molecule has 146 valence electrons. The summed E-state index contributed by atoms with van der Waals surface area (Å²) < 4.78 is 16.0. The lowest BCUT2D eigenvalue weighted by molar-refractivity contribution is -0.120. The molecular weight excluding hydrogens is 382 g/mol. The van der Waals surface area contributed by atoms with Crippen LogP contribution in [0.25, 0.3) is 11.5 Å². The van der Waals surface area contributed by atoms with Gasteiger partial charge >= 0.3 is 0 Å². The first-order valence-corrected chi connectivity index (χ1v) is 9.06. The predicted octanol–water partition coefficient (Wildman–Crippen LogP) is 3.27. The number of rotatable bonds is 9. The van der Waals surface area contributed by atoms with Gasteiger partial charge in [0, 0.05) is 36.0 Å². The summed E-state index contributed by atoms with van der Waals surface area (Å²) in [6, 6.07) is 10.8. The standard InChI is InChI=1S/C20H20ClN3O4/c1-26-9-10-27-19-15(3-2-8-22-19)12-23-18(25)11-17-13-28-20(24-17)14-4-6-16(21)7-5-14/h2-8,13H,9-12H2,1H3,(H,23,25). The first-order valence-electron chi connectivity index (χ1n) is 8.68. The third-order valence-electron chi connectivity index (χ3n) is 3.84. The minimum Gasteiger partial charge on any atom is -0.475 e. The molecule has 3 rings (SSSR count). The second kappa shape index (κ2) is 9.87. The number of carbonyl (C=O) groups is 1. The van der Waals surface area contributed by atoms with Crippen LogP contribution in [0.4, 0.5) is 0 Å². The largest absolute Gasteiger partial charge is 0.475 e. The Morgan fingerprint density at radius 2 is 2.04 bits per heavy atom. The molecule has 1 aromatic carbocycles. The summed E-state index contributed by atoms with van der Waals surface area (Å²) in [7, 11) is 1.60. The van der Waals surface area contributed by atoms with Crippen LogP contribution >= 0.6 is 11.6 Å². The SMILES string of the molecule is COCCOc1ncccc1CNC(=O)Cc1coc(-c2ccc(Cl)cc2)n1. The summed E-state index contributed by atoms with van der Waals surface area (Å²) in [6.07, 6.45) is 3.23. The second-order valence-corrected chi connectivity index (χ2v) is 6.35. The van der Waals surface area contributed by atoms with Crippen LogP contribution in [0.1, 0.15) is 11.3 Å². The molecule has 0 aliphatic heterocycles. The van der Waals surface area contributed by atoms with E-state index in [1.165, 1.54) is 6.26 Å². The number of nitrogens with one attached hydrogen (secondary N) is 1. The zero-order valence-electron chi connectivity index (χ0n) is 15.4. The summed E-state index contributed by atoms with van der Waals surface area (Å²) in [6.45, 7) is 1.16. The molecule has 0 fully saturated rings. The Morgan fingerprint density at radius 3 is 2.82 bits per heavy atom. The van der Waals surface area contributed by atoms with Crippen LogP contribution < -0.4 is 10.1 Å². The fourth-order valence-corrected chi connectivity index (χ4v) is 2.57. The number of methoxy groups -OCH3 is 1. The van der Waals surface area contributed by atoms with E-state index in [0.29, 0.717) is 42.2 Å². The van der Waals surface area contributed by atoms with Crippen molar-refractivity contribution in [2.24, 2.45) is 0 Å². The van der Waals surface area contributed by atoms with Crippen molar-refractivity contribution < 1.29 is 18.7 Å². The van der Waals surface area contributed by atoms with Crippen LogP contribution in [-0.4, -0.2) is 36.2 Å². The fraction of sp³-hybridized carbons (Fsp3) is 0.250. The monoisotopic (exact) mass is 401 g/mol. The molecule has 0 atom stereocenters. The van der Waals surface area contributed by atoms with Gasteiger partial charge < -0.3 is 19.2 Å². The van der Waals surface area contributed by atoms with Gasteiger partial charge in [-0.05, 0) is 30.3 Å². The van der Waals surface area contributed by atoms with Crippen molar-refractivity contribution >= 4 is 17.5 Å². The average molecular weight is 402 g/mol. The van der Waals surface area contributed by atoms with Crippen LogP contribution in [0.15, 0.2) is 53.3 Å². The van der Waals surface area contributed by atoms with E-state index in [9.17, 15) is 4.79 Å². The van der Waals surface area contributed by atoms with Gasteiger partial charge in [0.2, 0.25) is 17.7 Å². The van der Waals surface area contributed by atoms with Crippen LogP contribution in [0.2, 0.25) is 5.02 Å². The minimum atomic E-state index is -0.178. The number of aromatic nitrogens is 2. The molecule has 8 heteroatoms. The van der Waals surface area contributed by atoms with E-state index >= 15 is 0 Å². The number of ether oxygens (including phenoxy) is 2. The van der Waals surface area contributed by atoms with Crippen molar-refractivity contribution in [2.75, 3.05) is 20.3 Å². The highest BCUT2D eigenvalue weighted by Crippen LogP contribution is 2.21. The van der Waals surface area contributed by atoms with Gasteiger partial charge in [0.05, 0.1) is 18.7 Å². The fourth-order valence-electron chi connectivity index (χ4n) is 2.44. The predicted molar refractivity (Wildman–Crippen MR) is 104 cm³/mol.